The molecular formula is C16H19F3N2O6. The minimum Gasteiger partial charge on any atom is -0.467 e. The van der Waals surface area contributed by atoms with Gasteiger partial charge in [0.1, 0.15) is 11.8 Å². The topological polar surface area (TPSA) is 114 Å². The van der Waals surface area contributed by atoms with Gasteiger partial charge >= 0.3 is 18.2 Å². The number of halogens is 3. The van der Waals surface area contributed by atoms with Crippen LogP contribution in [0.15, 0.2) is 30.3 Å². The molecule has 0 heterocycles. The fourth-order valence-corrected chi connectivity index (χ4v) is 1.99. The highest BCUT2D eigenvalue weighted by Gasteiger charge is 2.46. The molecule has 0 fully saturated rings. The molecule has 8 nitrogen and oxygen atoms in total. The number of ether oxygens (including phenoxy) is 2. The van der Waals surface area contributed by atoms with E-state index >= 15 is 0 Å². The van der Waals surface area contributed by atoms with Crippen LogP contribution >= 0.6 is 0 Å². The van der Waals surface area contributed by atoms with Crippen LogP contribution in [0.3, 0.4) is 0 Å². The molecular weight excluding hydrogens is 373 g/mol. The molecule has 0 saturated carbocycles. The molecule has 27 heavy (non-hydrogen) atoms. The number of amides is 2. The number of methoxy groups -OCH3 is 1. The number of carbonyl (C=O) groups excluding carboxylic acids is 3. The summed E-state index contributed by atoms with van der Waals surface area (Å²) in [5.41, 5.74) is 0. The molecule has 1 aromatic carbocycles. The molecule has 3 N–H and O–H groups in total. The molecule has 3 unspecified atom stereocenters. The lowest BCUT2D eigenvalue weighted by Gasteiger charge is -2.26. The van der Waals surface area contributed by atoms with Gasteiger partial charge < -0.3 is 25.2 Å². The second-order valence-corrected chi connectivity index (χ2v) is 5.45. The van der Waals surface area contributed by atoms with E-state index in [1.165, 1.54) is 36.5 Å². The summed E-state index contributed by atoms with van der Waals surface area (Å²) in [5.74, 6) is -1.85. The van der Waals surface area contributed by atoms with Gasteiger partial charge in [-0.25, -0.2) is 9.59 Å². The standard InChI is InChI=1S/C16H19F3N2O6/c1-9(14(24)26-2)20-12(23)8-11(22)13(16(17,18)19)21-15(25)27-10-6-4-3-5-7-10/h3-7,9,11,13,22H,8H2,1-2H3,(H,20,23)(H,21,25). The van der Waals surface area contributed by atoms with Crippen LogP contribution in [-0.2, 0) is 14.3 Å². The van der Waals surface area contributed by atoms with E-state index in [0.717, 1.165) is 7.11 Å². The van der Waals surface area contributed by atoms with Crippen LogP contribution < -0.4 is 15.4 Å². The number of carbonyl (C=O) groups is 3. The lowest BCUT2D eigenvalue weighted by molar-refractivity contribution is -0.177. The number of aliphatic hydroxyl groups excluding tert-OH is 1. The number of aliphatic hydroxyl groups is 1. The number of rotatable bonds is 7. The second kappa shape index (κ2) is 9.76. The van der Waals surface area contributed by atoms with Gasteiger partial charge in [-0.05, 0) is 19.1 Å². The first-order valence-corrected chi connectivity index (χ1v) is 7.70. The Morgan fingerprint density at radius 3 is 2.26 bits per heavy atom. The maximum Gasteiger partial charge on any atom is 0.413 e. The Morgan fingerprint density at radius 2 is 1.74 bits per heavy atom. The largest absolute Gasteiger partial charge is 0.467 e. The minimum absolute atomic E-state index is 0.00457. The summed E-state index contributed by atoms with van der Waals surface area (Å²) < 4.78 is 48.4. The van der Waals surface area contributed by atoms with Crippen LogP contribution in [-0.4, -0.2) is 54.5 Å². The predicted molar refractivity (Wildman–Crippen MR) is 85.7 cm³/mol. The van der Waals surface area contributed by atoms with Crippen LogP contribution in [0.25, 0.3) is 0 Å². The summed E-state index contributed by atoms with van der Waals surface area (Å²) in [6.07, 6.45) is -9.83. The minimum atomic E-state index is -5.05. The van der Waals surface area contributed by atoms with Crippen molar-refractivity contribution in [1.82, 2.24) is 10.6 Å². The average Bonchev–Trinajstić information content (AvgIpc) is 2.58. The molecule has 150 valence electrons. The van der Waals surface area contributed by atoms with Gasteiger partial charge in [0.15, 0.2) is 6.04 Å². The third-order valence-electron chi connectivity index (χ3n) is 3.29. The summed E-state index contributed by atoms with van der Waals surface area (Å²) in [7, 11) is 1.07. The second-order valence-electron chi connectivity index (χ2n) is 5.45. The Balaban J connectivity index is 2.71. The third kappa shape index (κ3) is 7.52. The number of nitrogens with one attached hydrogen (secondary N) is 2. The first-order chi connectivity index (χ1) is 12.5. The molecule has 1 aromatic rings. The van der Waals surface area contributed by atoms with Crippen molar-refractivity contribution in [2.24, 2.45) is 0 Å². The van der Waals surface area contributed by atoms with Crippen molar-refractivity contribution >= 4 is 18.0 Å². The van der Waals surface area contributed by atoms with E-state index in [4.69, 9.17) is 0 Å². The van der Waals surface area contributed by atoms with Gasteiger partial charge in [-0.15, -0.1) is 0 Å². The highest BCUT2D eigenvalue weighted by molar-refractivity contribution is 5.84. The Hall–Kier alpha value is -2.82. The maximum atomic E-state index is 13.1. The Kier molecular flexibility index (Phi) is 8.03. The smallest absolute Gasteiger partial charge is 0.413 e. The number of esters is 1. The van der Waals surface area contributed by atoms with E-state index in [0.29, 0.717) is 0 Å². The van der Waals surface area contributed by atoms with Crippen molar-refractivity contribution in [2.75, 3.05) is 7.11 Å². The Labute approximate surface area is 152 Å². The lowest BCUT2D eigenvalue weighted by Crippen LogP contribution is -2.54. The lowest BCUT2D eigenvalue weighted by atomic mass is 10.1. The fraction of sp³-hybridized carbons (Fsp3) is 0.438. The summed E-state index contributed by atoms with van der Waals surface area (Å²) in [6, 6.07) is 3.45. The van der Waals surface area contributed by atoms with Crippen LogP contribution in [0.1, 0.15) is 13.3 Å². The molecule has 0 spiro atoms. The molecule has 0 aliphatic rings. The number of alkyl halides is 3. The summed E-state index contributed by atoms with van der Waals surface area (Å²) >= 11 is 0. The van der Waals surface area contributed by atoms with E-state index in [1.807, 2.05) is 0 Å². The molecule has 0 radical (unpaired) electrons. The predicted octanol–water partition coefficient (Wildman–Crippen LogP) is 1.13. The molecule has 2 amide bonds. The van der Waals surface area contributed by atoms with Crippen LogP contribution in [0.5, 0.6) is 5.75 Å². The first kappa shape index (κ1) is 22.2. The average molecular weight is 392 g/mol. The van der Waals surface area contributed by atoms with Gasteiger partial charge in [0.25, 0.3) is 0 Å². The molecule has 0 bridgehead atoms. The van der Waals surface area contributed by atoms with E-state index < -0.39 is 48.8 Å². The van der Waals surface area contributed by atoms with Crippen molar-refractivity contribution in [1.29, 1.82) is 0 Å². The molecule has 0 aliphatic heterocycles. The van der Waals surface area contributed by atoms with Crippen molar-refractivity contribution < 1.29 is 42.1 Å². The van der Waals surface area contributed by atoms with E-state index in [2.05, 4.69) is 14.8 Å². The Bertz CT molecular complexity index is 653. The number of hydrogen-bond donors (Lipinski definition) is 3. The van der Waals surface area contributed by atoms with Gasteiger partial charge in [0.05, 0.1) is 19.6 Å². The van der Waals surface area contributed by atoms with Crippen molar-refractivity contribution in [3.8, 4) is 5.75 Å². The van der Waals surface area contributed by atoms with E-state index in [-0.39, 0.29) is 5.75 Å². The molecule has 0 aliphatic carbocycles. The molecule has 3 atom stereocenters. The highest BCUT2D eigenvalue weighted by Crippen LogP contribution is 2.24. The van der Waals surface area contributed by atoms with Gasteiger partial charge in [0.2, 0.25) is 5.91 Å². The summed E-state index contributed by atoms with van der Waals surface area (Å²) in [6.45, 7) is 1.26. The van der Waals surface area contributed by atoms with Crippen LogP contribution in [0.2, 0.25) is 0 Å². The summed E-state index contributed by atoms with van der Waals surface area (Å²) in [4.78, 5) is 34.6. The molecule has 11 heteroatoms. The number of para-hydroxylation sites is 1. The monoisotopic (exact) mass is 392 g/mol. The fourth-order valence-electron chi connectivity index (χ4n) is 1.99. The van der Waals surface area contributed by atoms with Crippen molar-refractivity contribution in [3.05, 3.63) is 30.3 Å². The zero-order valence-corrected chi connectivity index (χ0v) is 14.4. The van der Waals surface area contributed by atoms with Gasteiger partial charge in [-0.2, -0.15) is 13.2 Å². The van der Waals surface area contributed by atoms with Gasteiger partial charge in [-0.1, -0.05) is 18.2 Å². The number of benzene rings is 1. The molecule has 0 aromatic heterocycles. The van der Waals surface area contributed by atoms with Gasteiger partial charge in [0, 0.05) is 0 Å². The Morgan fingerprint density at radius 1 is 1.15 bits per heavy atom. The normalized spacial score (nSPS) is 14.4. The zero-order chi connectivity index (χ0) is 20.6. The highest BCUT2D eigenvalue weighted by atomic mass is 19.4. The molecule has 0 saturated heterocycles. The van der Waals surface area contributed by atoms with Gasteiger partial charge in [-0.3, -0.25) is 4.79 Å². The zero-order valence-electron chi connectivity index (χ0n) is 14.4. The maximum absolute atomic E-state index is 13.1. The first-order valence-electron chi connectivity index (χ1n) is 7.70. The summed E-state index contributed by atoms with van der Waals surface area (Å²) in [5, 5.41) is 13.3. The number of hydrogen-bond acceptors (Lipinski definition) is 6. The molecule has 1 rings (SSSR count). The van der Waals surface area contributed by atoms with Crippen LogP contribution in [0, 0.1) is 0 Å². The SMILES string of the molecule is COC(=O)C(C)NC(=O)CC(O)C(NC(=O)Oc1ccccc1)C(F)(F)F. The van der Waals surface area contributed by atoms with E-state index in [1.54, 1.807) is 6.07 Å². The third-order valence-corrected chi connectivity index (χ3v) is 3.29. The van der Waals surface area contributed by atoms with Crippen molar-refractivity contribution in [2.45, 2.75) is 37.7 Å². The van der Waals surface area contributed by atoms with Crippen molar-refractivity contribution in [3.63, 3.8) is 0 Å². The quantitative estimate of drug-likeness (QED) is 0.600. The van der Waals surface area contributed by atoms with Crippen LogP contribution in [0.4, 0.5) is 18.0 Å². The van der Waals surface area contributed by atoms with E-state index in [9.17, 15) is 32.7 Å².